The van der Waals surface area contributed by atoms with Gasteiger partial charge in [-0.1, -0.05) is 0 Å². The normalized spacial score (nSPS) is 19.4. The van der Waals surface area contributed by atoms with E-state index in [-0.39, 0.29) is 6.04 Å². The van der Waals surface area contributed by atoms with Gasteiger partial charge in [-0.15, -0.1) is 0 Å². The highest BCUT2D eigenvalue weighted by atomic mass is 16.5. The zero-order chi connectivity index (χ0) is 13.4. The summed E-state index contributed by atoms with van der Waals surface area (Å²) in [6, 6.07) is 0.180. The Morgan fingerprint density at radius 1 is 1.39 bits per heavy atom. The molecule has 0 aromatic rings. The first-order valence-electron chi connectivity index (χ1n) is 6.41. The second kappa shape index (κ2) is 7.56. The van der Waals surface area contributed by atoms with E-state index in [4.69, 9.17) is 15.3 Å². The van der Waals surface area contributed by atoms with Crippen molar-refractivity contribution in [2.45, 2.75) is 32.2 Å². The third kappa shape index (κ3) is 5.20. The van der Waals surface area contributed by atoms with Crippen molar-refractivity contribution in [2.24, 2.45) is 16.3 Å². The molecule has 0 aliphatic heterocycles. The summed E-state index contributed by atoms with van der Waals surface area (Å²) in [5.41, 5.74) is 2.94. The molecule has 0 saturated heterocycles. The van der Waals surface area contributed by atoms with Gasteiger partial charge in [0.05, 0.1) is 6.61 Å². The highest BCUT2D eigenvalue weighted by molar-refractivity contribution is 5.79. The number of methoxy groups -OCH3 is 2. The maximum atomic E-state index is 5.46. The summed E-state index contributed by atoms with van der Waals surface area (Å²) in [6.45, 7) is 4.24. The van der Waals surface area contributed by atoms with Crippen molar-refractivity contribution >= 4 is 5.96 Å². The number of hydrazine groups is 1. The third-order valence-corrected chi connectivity index (χ3v) is 3.30. The van der Waals surface area contributed by atoms with Crippen molar-refractivity contribution in [1.82, 2.24) is 10.7 Å². The van der Waals surface area contributed by atoms with Crippen molar-refractivity contribution in [2.75, 3.05) is 34.0 Å². The largest absolute Gasteiger partial charge is 0.385 e. The lowest BCUT2D eigenvalue weighted by Crippen LogP contribution is -2.47. The summed E-state index contributed by atoms with van der Waals surface area (Å²) in [5.74, 6) is 6.09. The second-order valence-electron chi connectivity index (χ2n) is 5.05. The maximum Gasteiger partial charge on any atom is 0.206 e. The van der Waals surface area contributed by atoms with E-state index in [0.29, 0.717) is 18.0 Å². The first-order valence-corrected chi connectivity index (χ1v) is 6.41. The summed E-state index contributed by atoms with van der Waals surface area (Å²) >= 11 is 0. The number of nitrogens with two attached hydrogens (primary N) is 1. The molecule has 0 amide bonds. The van der Waals surface area contributed by atoms with Crippen LogP contribution in [0.15, 0.2) is 4.99 Å². The smallest absolute Gasteiger partial charge is 0.206 e. The molecule has 1 atom stereocenters. The first-order chi connectivity index (χ1) is 8.65. The van der Waals surface area contributed by atoms with E-state index in [0.717, 1.165) is 19.6 Å². The Labute approximate surface area is 109 Å². The molecule has 6 nitrogen and oxygen atoms in total. The molecule has 0 spiro atoms. The Morgan fingerprint density at radius 3 is 2.61 bits per heavy atom. The fourth-order valence-corrected chi connectivity index (χ4v) is 1.89. The van der Waals surface area contributed by atoms with Gasteiger partial charge < -0.3 is 14.8 Å². The Bertz CT molecular complexity index is 267. The van der Waals surface area contributed by atoms with E-state index in [2.05, 4.69) is 15.7 Å². The molecule has 6 heteroatoms. The van der Waals surface area contributed by atoms with Crippen LogP contribution in [0.5, 0.6) is 0 Å². The lowest BCUT2D eigenvalue weighted by Gasteiger charge is -2.17. The SMILES string of the molecule is COCCC1(CN=C(NN)NC(C)COC)CC1. The first kappa shape index (κ1) is 15.2. The van der Waals surface area contributed by atoms with E-state index < -0.39 is 0 Å². The van der Waals surface area contributed by atoms with Gasteiger partial charge in [0, 0.05) is 33.4 Å². The van der Waals surface area contributed by atoms with Crippen LogP contribution in [0.3, 0.4) is 0 Å². The van der Waals surface area contributed by atoms with Crippen LogP contribution >= 0.6 is 0 Å². The van der Waals surface area contributed by atoms with Gasteiger partial charge >= 0.3 is 0 Å². The highest BCUT2D eigenvalue weighted by Gasteiger charge is 2.41. The fraction of sp³-hybridized carbons (Fsp3) is 0.917. The van der Waals surface area contributed by atoms with Crippen LogP contribution in [-0.2, 0) is 9.47 Å². The van der Waals surface area contributed by atoms with Crippen molar-refractivity contribution in [3.05, 3.63) is 0 Å². The van der Waals surface area contributed by atoms with Gasteiger partial charge in [-0.2, -0.15) is 0 Å². The third-order valence-electron chi connectivity index (χ3n) is 3.30. The van der Waals surface area contributed by atoms with Gasteiger partial charge in [-0.25, -0.2) is 5.84 Å². The van der Waals surface area contributed by atoms with Crippen molar-refractivity contribution in [3.63, 3.8) is 0 Å². The van der Waals surface area contributed by atoms with Gasteiger partial charge in [-0.05, 0) is 31.6 Å². The summed E-state index contributed by atoms with van der Waals surface area (Å²) in [7, 11) is 3.41. The summed E-state index contributed by atoms with van der Waals surface area (Å²) in [6.07, 6.45) is 3.52. The molecule has 0 bridgehead atoms. The van der Waals surface area contributed by atoms with Crippen LogP contribution in [0.4, 0.5) is 0 Å². The highest BCUT2D eigenvalue weighted by Crippen LogP contribution is 2.48. The molecule has 4 N–H and O–H groups in total. The number of rotatable bonds is 8. The molecular weight excluding hydrogens is 232 g/mol. The number of nitrogens with zero attached hydrogens (tertiary/aromatic N) is 1. The van der Waals surface area contributed by atoms with Crippen LogP contribution < -0.4 is 16.6 Å². The predicted molar refractivity (Wildman–Crippen MR) is 72.3 cm³/mol. The monoisotopic (exact) mass is 258 g/mol. The molecule has 1 rings (SSSR count). The number of nitrogens with one attached hydrogen (secondary N) is 2. The predicted octanol–water partition coefficient (Wildman–Crippen LogP) is 0.247. The Hall–Kier alpha value is -0.850. The lowest BCUT2D eigenvalue weighted by atomic mass is 10.0. The van der Waals surface area contributed by atoms with Crippen molar-refractivity contribution in [3.8, 4) is 0 Å². The molecule has 0 aromatic carbocycles. The zero-order valence-corrected chi connectivity index (χ0v) is 11.7. The quantitative estimate of drug-likeness (QED) is 0.252. The van der Waals surface area contributed by atoms with Crippen LogP contribution in [0.1, 0.15) is 26.2 Å². The van der Waals surface area contributed by atoms with Crippen molar-refractivity contribution in [1.29, 1.82) is 0 Å². The molecule has 18 heavy (non-hydrogen) atoms. The number of guanidine groups is 1. The van der Waals surface area contributed by atoms with E-state index in [1.807, 2.05) is 6.92 Å². The second-order valence-corrected chi connectivity index (χ2v) is 5.05. The minimum atomic E-state index is 0.180. The van der Waals surface area contributed by atoms with E-state index in [1.54, 1.807) is 14.2 Å². The molecule has 0 radical (unpaired) electrons. The van der Waals surface area contributed by atoms with Gasteiger partial charge in [0.15, 0.2) is 0 Å². The van der Waals surface area contributed by atoms with Gasteiger partial charge in [0.25, 0.3) is 0 Å². The van der Waals surface area contributed by atoms with Crippen LogP contribution in [0, 0.1) is 5.41 Å². The molecular formula is C12H26N4O2. The lowest BCUT2D eigenvalue weighted by molar-refractivity contribution is 0.173. The molecule has 1 saturated carbocycles. The minimum Gasteiger partial charge on any atom is -0.385 e. The molecule has 1 aliphatic carbocycles. The molecule has 0 heterocycles. The standard InChI is InChI=1S/C12H26N4O2/c1-10(8-18-3)15-11(16-13)14-9-12(4-5-12)6-7-17-2/h10H,4-9,13H2,1-3H3,(H2,14,15,16). The minimum absolute atomic E-state index is 0.180. The van der Waals surface area contributed by atoms with Gasteiger partial charge in [0.1, 0.15) is 0 Å². The molecule has 1 aliphatic rings. The average Bonchev–Trinajstić information content (AvgIpc) is 3.13. The van der Waals surface area contributed by atoms with Crippen LogP contribution in [0.25, 0.3) is 0 Å². The van der Waals surface area contributed by atoms with Gasteiger partial charge in [-0.3, -0.25) is 10.4 Å². The van der Waals surface area contributed by atoms with E-state index in [1.165, 1.54) is 12.8 Å². The van der Waals surface area contributed by atoms with E-state index >= 15 is 0 Å². The average molecular weight is 258 g/mol. The summed E-state index contributed by atoms with van der Waals surface area (Å²) in [4.78, 5) is 4.51. The van der Waals surface area contributed by atoms with E-state index in [9.17, 15) is 0 Å². The number of hydrogen-bond donors (Lipinski definition) is 3. The zero-order valence-electron chi connectivity index (χ0n) is 11.7. The topological polar surface area (TPSA) is 80.9 Å². The number of aliphatic imine (C=N–C) groups is 1. The summed E-state index contributed by atoms with van der Waals surface area (Å²) < 4.78 is 10.2. The maximum absolute atomic E-state index is 5.46. The van der Waals surface area contributed by atoms with Gasteiger partial charge in [0.2, 0.25) is 5.96 Å². The fourth-order valence-electron chi connectivity index (χ4n) is 1.89. The molecule has 1 unspecified atom stereocenters. The molecule has 106 valence electrons. The van der Waals surface area contributed by atoms with Crippen LogP contribution in [-0.4, -0.2) is 46.0 Å². The number of ether oxygens (including phenoxy) is 2. The Kier molecular flexibility index (Phi) is 6.38. The van der Waals surface area contributed by atoms with Crippen molar-refractivity contribution < 1.29 is 9.47 Å². The molecule has 1 fully saturated rings. The summed E-state index contributed by atoms with van der Waals surface area (Å²) in [5, 5.41) is 3.18. The molecule has 0 aromatic heterocycles. The Balaban J connectivity index is 2.37. The van der Waals surface area contributed by atoms with Crippen LogP contribution in [0.2, 0.25) is 0 Å². The number of hydrogen-bond acceptors (Lipinski definition) is 4. The Morgan fingerprint density at radius 2 is 2.11 bits per heavy atom.